The van der Waals surface area contributed by atoms with Gasteiger partial charge in [-0.2, -0.15) is 5.26 Å². The Morgan fingerprint density at radius 1 is 1.27 bits per heavy atom. The fourth-order valence-corrected chi connectivity index (χ4v) is 3.56. The molecule has 3 heterocycles. The second-order valence-corrected chi connectivity index (χ2v) is 6.90. The molecule has 0 saturated heterocycles. The van der Waals surface area contributed by atoms with E-state index in [1.54, 1.807) is 29.9 Å². The number of benzene rings is 1. The molecule has 0 fully saturated rings. The number of rotatable bonds is 4. The Kier molecular flexibility index (Phi) is 3.89. The van der Waals surface area contributed by atoms with E-state index in [1.165, 1.54) is 15.9 Å². The van der Waals surface area contributed by atoms with Crippen molar-refractivity contribution in [2.24, 2.45) is 0 Å². The summed E-state index contributed by atoms with van der Waals surface area (Å²) in [5, 5.41) is 11.7. The van der Waals surface area contributed by atoms with Gasteiger partial charge in [0, 0.05) is 24.1 Å². The number of thiazole rings is 1. The first-order valence-corrected chi connectivity index (χ1v) is 8.82. The first kappa shape index (κ1) is 16.5. The second kappa shape index (κ2) is 6.11. The number of imidazole rings is 1. The van der Waals surface area contributed by atoms with Crippen molar-refractivity contribution in [3.8, 4) is 6.07 Å². The van der Waals surface area contributed by atoms with Crippen molar-refractivity contribution >= 4 is 33.3 Å². The predicted molar refractivity (Wildman–Crippen MR) is 95.3 cm³/mol. The Morgan fingerprint density at radius 3 is 2.81 bits per heavy atom. The summed E-state index contributed by atoms with van der Waals surface area (Å²) in [5.74, 6) is -2.41. The molecule has 0 aliphatic carbocycles. The van der Waals surface area contributed by atoms with Gasteiger partial charge in [-0.1, -0.05) is 0 Å². The van der Waals surface area contributed by atoms with Crippen LogP contribution in [0.25, 0.3) is 21.9 Å². The van der Waals surface area contributed by atoms with Gasteiger partial charge in [-0.05, 0) is 18.2 Å². The Morgan fingerprint density at radius 2 is 2.12 bits per heavy atom. The Hall–Kier alpha value is -2.92. The van der Waals surface area contributed by atoms with Crippen molar-refractivity contribution in [2.45, 2.75) is 25.8 Å². The van der Waals surface area contributed by atoms with Crippen molar-refractivity contribution in [1.29, 1.82) is 5.26 Å². The van der Waals surface area contributed by atoms with Gasteiger partial charge in [-0.15, -0.1) is 11.3 Å². The molecule has 130 valence electrons. The van der Waals surface area contributed by atoms with Gasteiger partial charge in [0.2, 0.25) is 0 Å². The van der Waals surface area contributed by atoms with Crippen LogP contribution in [0.1, 0.15) is 24.0 Å². The summed E-state index contributed by atoms with van der Waals surface area (Å²) in [6, 6.07) is 7.13. The van der Waals surface area contributed by atoms with Crippen molar-refractivity contribution in [2.75, 3.05) is 0 Å². The molecule has 0 aliphatic rings. The third-order valence-corrected chi connectivity index (χ3v) is 4.67. The molecule has 26 heavy (non-hydrogen) atoms. The van der Waals surface area contributed by atoms with Gasteiger partial charge in [0.25, 0.3) is 5.92 Å². The highest BCUT2D eigenvalue weighted by Crippen LogP contribution is 2.29. The minimum Gasteiger partial charge on any atom is -0.321 e. The molecule has 0 aliphatic heterocycles. The van der Waals surface area contributed by atoms with Gasteiger partial charge < -0.3 is 4.57 Å². The molecule has 8 heteroatoms. The van der Waals surface area contributed by atoms with Crippen molar-refractivity contribution in [3.05, 3.63) is 52.4 Å². The van der Waals surface area contributed by atoms with Crippen LogP contribution in [0.2, 0.25) is 0 Å². The molecule has 0 unspecified atom stereocenters. The van der Waals surface area contributed by atoms with E-state index in [9.17, 15) is 14.0 Å². The summed E-state index contributed by atoms with van der Waals surface area (Å²) in [6.07, 6.45) is 1.94. The van der Waals surface area contributed by atoms with Crippen LogP contribution in [0.15, 0.2) is 35.3 Å². The standard InChI is InChI=1S/C18H13F2N5S/c1-18(19,20)9-25-16(5-12-8-26-10-23-12)24-15-7-22-14-3-2-11(6-21)4-13(14)17(15)25/h2-4,7-8,10H,5,9H2,1H3. The summed E-state index contributed by atoms with van der Waals surface area (Å²) < 4.78 is 29.3. The summed E-state index contributed by atoms with van der Waals surface area (Å²) in [7, 11) is 0. The van der Waals surface area contributed by atoms with E-state index in [1.807, 2.05) is 5.38 Å². The second-order valence-electron chi connectivity index (χ2n) is 6.18. The zero-order valence-electron chi connectivity index (χ0n) is 13.8. The monoisotopic (exact) mass is 369 g/mol. The number of nitrogens with zero attached hydrogens (tertiary/aromatic N) is 5. The number of pyridine rings is 1. The first-order valence-electron chi connectivity index (χ1n) is 7.87. The lowest BCUT2D eigenvalue weighted by atomic mass is 10.1. The third-order valence-electron chi connectivity index (χ3n) is 4.04. The topological polar surface area (TPSA) is 67.4 Å². The zero-order chi connectivity index (χ0) is 18.3. The highest BCUT2D eigenvalue weighted by molar-refractivity contribution is 7.07. The van der Waals surface area contributed by atoms with E-state index in [2.05, 4.69) is 21.0 Å². The number of nitriles is 1. The third kappa shape index (κ3) is 3.02. The minimum atomic E-state index is -2.91. The maximum atomic E-state index is 13.9. The molecule has 0 amide bonds. The predicted octanol–water partition coefficient (Wildman–Crippen LogP) is 4.16. The summed E-state index contributed by atoms with van der Waals surface area (Å²) in [6.45, 7) is 0.383. The van der Waals surface area contributed by atoms with Gasteiger partial charge in [-0.3, -0.25) is 4.98 Å². The smallest absolute Gasteiger partial charge is 0.262 e. The van der Waals surface area contributed by atoms with E-state index in [4.69, 9.17) is 0 Å². The van der Waals surface area contributed by atoms with E-state index in [-0.39, 0.29) is 0 Å². The Balaban J connectivity index is 2.00. The fraction of sp³-hybridized carbons (Fsp3) is 0.222. The van der Waals surface area contributed by atoms with Crippen LogP contribution in [0, 0.1) is 11.3 Å². The maximum Gasteiger partial charge on any atom is 0.262 e. The molecule has 4 aromatic rings. The molecular formula is C18H13F2N5S. The van der Waals surface area contributed by atoms with Gasteiger partial charge in [-0.25, -0.2) is 18.7 Å². The van der Waals surface area contributed by atoms with E-state index in [0.717, 1.165) is 12.6 Å². The first-order chi connectivity index (χ1) is 12.4. The lowest BCUT2D eigenvalue weighted by molar-refractivity contribution is 0.00434. The lowest BCUT2D eigenvalue weighted by Crippen LogP contribution is -2.21. The molecule has 5 nitrogen and oxygen atoms in total. The minimum absolute atomic E-state index is 0.355. The van der Waals surface area contributed by atoms with Crippen LogP contribution >= 0.6 is 11.3 Å². The quantitative estimate of drug-likeness (QED) is 0.542. The lowest BCUT2D eigenvalue weighted by Gasteiger charge is -2.15. The molecule has 0 bridgehead atoms. The van der Waals surface area contributed by atoms with Gasteiger partial charge in [0.15, 0.2) is 0 Å². The van der Waals surface area contributed by atoms with E-state index < -0.39 is 12.5 Å². The molecule has 1 aromatic carbocycles. The Bertz CT molecular complexity index is 1140. The fourth-order valence-electron chi connectivity index (χ4n) is 3.00. The van der Waals surface area contributed by atoms with Crippen molar-refractivity contribution < 1.29 is 8.78 Å². The molecule has 3 aromatic heterocycles. The largest absolute Gasteiger partial charge is 0.321 e. The number of aromatic nitrogens is 4. The molecule has 0 atom stereocenters. The Labute approximate surface area is 151 Å². The summed E-state index contributed by atoms with van der Waals surface area (Å²) in [4.78, 5) is 13.1. The number of alkyl halides is 2. The average Bonchev–Trinajstić information content (AvgIpc) is 3.22. The highest BCUT2D eigenvalue weighted by Gasteiger charge is 2.26. The maximum absolute atomic E-state index is 13.9. The highest BCUT2D eigenvalue weighted by atomic mass is 32.1. The summed E-state index contributed by atoms with van der Waals surface area (Å²) >= 11 is 1.45. The number of hydrogen-bond donors (Lipinski definition) is 0. The van der Waals surface area contributed by atoms with Crippen LogP contribution in [0.4, 0.5) is 8.78 Å². The number of fused-ring (bicyclic) bond motifs is 3. The van der Waals surface area contributed by atoms with E-state index >= 15 is 0 Å². The average molecular weight is 369 g/mol. The van der Waals surface area contributed by atoms with Gasteiger partial charge in [0.05, 0.1) is 46.6 Å². The van der Waals surface area contributed by atoms with Crippen LogP contribution in [0.3, 0.4) is 0 Å². The number of halogens is 2. The van der Waals surface area contributed by atoms with Crippen LogP contribution < -0.4 is 0 Å². The molecule has 0 spiro atoms. The summed E-state index contributed by atoms with van der Waals surface area (Å²) in [5.41, 5.74) is 4.66. The molecule has 0 saturated carbocycles. The normalized spacial score (nSPS) is 11.9. The SMILES string of the molecule is CC(F)(F)Cn1c(Cc2cscn2)nc2cnc3ccc(C#N)cc3c21. The molecule has 4 rings (SSSR count). The van der Waals surface area contributed by atoms with Crippen molar-refractivity contribution in [3.63, 3.8) is 0 Å². The molecular weight excluding hydrogens is 356 g/mol. The zero-order valence-corrected chi connectivity index (χ0v) is 14.6. The van der Waals surface area contributed by atoms with Gasteiger partial charge in [0.1, 0.15) is 11.3 Å². The van der Waals surface area contributed by atoms with E-state index in [0.29, 0.717) is 39.7 Å². The molecule has 0 N–H and O–H groups in total. The van der Waals surface area contributed by atoms with Crippen LogP contribution in [-0.2, 0) is 13.0 Å². The van der Waals surface area contributed by atoms with Crippen LogP contribution in [0.5, 0.6) is 0 Å². The van der Waals surface area contributed by atoms with Crippen molar-refractivity contribution in [1.82, 2.24) is 19.5 Å². The van der Waals surface area contributed by atoms with Crippen LogP contribution in [-0.4, -0.2) is 25.4 Å². The molecule has 0 radical (unpaired) electrons. The number of hydrogen-bond acceptors (Lipinski definition) is 5. The van der Waals surface area contributed by atoms with Gasteiger partial charge >= 0.3 is 0 Å².